The Kier molecular flexibility index (Phi) is 6.83. The smallest absolute Gasteiger partial charge is 0.348 e. The topological polar surface area (TPSA) is 64.6 Å². The van der Waals surface area contributed by atoms with Crippen molar-refractivity contribution in [2.24, 2.45) is 0 Å². The number of rotatable bonds is 7. The summed E-state index contributed by atoms with van der Waals surface area (Å²) < 4.78 is 10.8. The maximum Gasteiger partial charge on any atom is 0.348 e. The summed E-state index contributed by atoms with van der Waals surface area (Å²) in [6, 6.07) is 15.7. The Hall–Kier alpha value is -2.53. The largest absolute Gasteiger partial charge is 0.479 e. The molecule has 2 aromatic rings. The number of anilines is 1. The van der Waals surface area contributed by atoms with Gasteiger partial charge in [-0.25, -0.2) is 4.79 Å². The van der Waals surface area contributed by atoms with E-state index >= 15 is 0 Å². The van der Waals surface area contributed by atoms with E-state index in [1.807, 2.05) is 25.1 Å². The average Bonchev–Trinajstić information content (AvgIpc) is 2.62. The highest BCUT2D eigenvalue weighted by atomic mass is 35.5. The number of benzene rings is 2. The number of carbonyl (C=O) groups is 2. The van der Waals surface area contributed by atoms with Crippen LogP contribution in [0.4, 0.5) is 5.69 Å². The van der Waals surface area contributed by atoms with Gasteiger partial charge >= 0.3 is 5.97 Å². The third-order valence-electron chi connectivity index (χ3n) is 3.43. The number of amides is 1. The van der Waals surface area contributed by atoms with Crippen LogP contribution >= 0.6 is 11.6 Å². The number of ether oxygens (including phenoxy) is 2. The number of nitrogens with one attached hydrogen (secondary N) is 1. The van der Waals surface area contributed by atoms with Gasteiger partial charge in [-0.05, 0) is 49.7 Å². The maximum atomic E-state index is 12.2. The third kappa shape index (κ3) is 5.80. The molecule has 0 aliphatic carbocycles. The van der Waals surface area contributed by atoms with Crippen LogP contribution in [0.3, 0.4) is 0 Å². The SMILES string of the molecule is CC[C@@H](Oc1ccccc1)C(=O)O[C@H](C)C(=O)Nc1ccc(Cl)cc1. The maximum absolute atomic E-state index is 12.2. The first-order chi connectivity index (χ1) is 12.0. The van der Waals surface area contributed by atoms with E-state index in [1.54, 1.807) is 36.4 Å². The van der Waals surface area contributed by atoms with Crippen LogP contribution in [0.1, 0.15) is 20.3 Å². The second-order valence-electron chi connectivity index (χ2n) is 5.40. The number of hydrogen-bond acceptors (Lipinski definition) is 4. The first kappa shape index (κ1) is 18.8. The van der Waals surface area contributed by atoms with E-state index in [0.29, 0.717) is 22.9 Å². The molecule has 0 heterocycles. The standard InChI is InChI=1S/C19H20ClNO4/c1-3-17(25-16-7-5-4-6-8-16)19(23)24-13(2)18(22)21-15-11-9-14(20)10-12-15/h4-13,17H,3H2,1-2H3,(H,21,22)/t13-,17-/m1/s1. The molecule has 0 saturated carbocycles. The van der Waals surface area contributed by atoms with Crippen molar-refractivity contribution in [3.05, 3.63) is 59.6 Å². The molecule has 0 radical (unpaired) electrons. The van der Waals surface area contributed by atoms with E-state index in [0.717, 1.165) is 0 Å². The van der Waals surface area contributed by atoms with Crippen LogP contribution in [0.2, 0.25) is 5.02 Å². The quantitative estimate of drug-likeness (QED) is 0.755. The Morgan fingerprint density at radius 3 is 2.32 bits per heavy atom. The first-order valence-electron chi connectivity index (χ1n) is 7.98. The van der Waals surface area contributed by atoms with Crippen molar-refractivity contribution in [1.29, 1.82) is 0 Å². The lowest BCUT2D eigenvalue weighted by molar-refractivity contribution is -0.160. The summed E-state index contributed by atoms with van der Waals surface area (Å²) in [5.41, 5.74) is 0.574. The van der Waals surface area contributed by atoms with Gasteiger partial charge in [0.1, 0.15) is 5.75 Å². The van der Waals surface area contributed by atoms with Gasteiger partial charge in [-0.1, -0.05) is 36.7 Å². The molecule has 1 N–H and O–H groups in total. The van der Waals surface area contributed by atoms with Gasteiger partial charge in [-0.2, -0.15) is 0 Å². The normalized spacial score (nSPS) is 12.8. The van der Waals surface area contributed by atoms with Gasteiger partial charge in [0.2, 0.25) is 0 Å². The van der Waals surface area contributed by atoms with Crippen LogP contribution in [-0.2, 0) is 14.3 Å². The minimum absolute atomic E-state index is 0.426. The summed E-state index contributed by atoms with van der Waals surface area (Å²) in [4.78, 5) is 24.4. The Morgan fingerprint density at radius 2 is 1.72 bits per heavy atom. The lowest BCUT2D eigenvalue weighted by atomic mass is 10.2. The molecule has 2 aromatic carbocycles. The van der Waals surface area contributed by atoms with Crippen LogP contribution in [0.25, 0.3) is 0 Å². The Labute approximate surface area is 151 Å². The molecule has 132 valence electrons. The van der Waals surface area contributed by atoms with Gasteiger partial charge in [-0.3, -0.25) is 4.79 Å². The molecule has 1 amide bonds. The van der Waals surface area contributed by atoms with E-state index in [4.69, 9.17) is 21.1 Å². The predicted molar refractivity (Wildman–Crippen MR) is 96.8 cm³/mol. The Morgan fingerprint density at radius 1 is 1.08 bits per heavy atom. The van der Waals surface area contributed by atoms with Crippen LogP contribution in [0.15, 0.2) is 54.6 Å². The molecule has 25 heavy (non-hydrogen) atoms. The number of hydrogen-bond donors (Lipinski definition) is 1. The Bertz CT molecular complexity index is 703. The molecule has 0 aliphatic rings. The fourth-order valence-electron chi connectivity index (χ4n) is 2.04. The van der Waals surface area contributed by atoms with Crippen molar-refractivity contribution in [1.82, 2.24) is 0 Å². The number of para-hydroxylation sites is 1. The molecule has 0 aliphatic heterocycles. The monoisotopic (exact) mass is 361 g/mol. The minimum Gasteiger partial charge on any atom is -0.479 e. The van der Waals surface area contributed by atoms with Crippen molar-refractivity contribution in [2.75, 3.05) is 5.32 Å². The average molecular weight is 362 g/mol. The molecule has 6 heteroatoms. The highest BCUT2D eigenvalue weighted by Crippen LogP contribution is 2.16. The molecule has 0 fully saturated rings. The summed E-state index contributed by atoms with van der Waals surface area (Å²) in [6.07, 6.45) is -1.29. The molecular formula is C19H20ClNO4. The molecule has 0 unspecified atom stereocenters. The summed E-state index contributed by atoms with van der Waals surface area (Å²) in [7, 11) is 0. The van der Waals surface area contributed by atoms with E-state index in [-0.39, 0.29) is 0 Å². The van der Waals surface area contributed by atoms with Crippen molar-refractivity contribution < 1.29 is 19.1 Å². The van der Waals surface area contributed by atoms with Crippen LogP contribution in [0, 0.1) is 0 Å². The minimum atomic E-state index is -0.948. The van der Waals surface area contributed by atoms with Crippen LogP contribution in [-0.4, -0.2) is 24.1 Å². The van der Waals surface area contributed by atoms with Gasteiger partial charge < -0.3 is 14.8 Å². The third-order valence-corrected chi connectivity index (χ3v) is 3.68. The predicted octanol–water partition coefficient (Wildman–Crippen LogP) is 4.07. The van der Waals surface area contributed by atoms with Gasteiger partial charge in [0.15, 0.2) is 12.2 Å². The molecule has 5 nitrogen and oxygen atoms in total. The summed E-state index contributed by atoms with van der Waals surface area (Å²) in [5, 5.41) is 3.24. The number of carbonyl (C=O) groups excluding carboxylic acids is 2. The fraction of sp³-hybridized carbons (Fsp3) is 0.263. The van der Waals surface area contributed by atoms with Crippen molar-refractivity contribution in [2.45, 2.75) is 32.5 Å². The van der Waals surface area contributed by atoms with Gasteiger partial charge in [0.05, 0.1) is 0 Å². The van der Waals surface area contributed by atoms with E-state index < -0.39 is 24.1 Å². The fourth-order valence-corrected chi connectivity index (χ4v) is 2.17. The lowest BCUT2D eigenvalue weighted by Gasteiger charge is -2.19. The van der Waals surface area contributed by atoms with Crippen molar-refractivity contribution >= 4 is 29.2 Å². The molecular weight excluding hydrogens is 342 g/mol. The van der Waals surface area contributed by atoms with E-state index in [9.17, 15) is 9.59 Å². The number of halogens is 1. The molecule has 2 rings (SSSR count). The second kappa shape index (κ2) is 9.08. The molecule has 0 aromatic heterocycles. The number of esters is 1. The Balaban J connectivity index is 1.90. The zero-order valence-corrected chi connectivity index (χ0v) is 14.8. The highest BCUT2D eigenvalue weighted by molar-refractivity contribution is 6.30. The van der Waals surface area contributed by atoms with Crippen LogP contribution < -0.4 is 10.1 Å². The highest BCUT2D eigenvalue weighted by Gasteiger charge is 2.25. The zero-order valence-electron chi connectivity index (χ0n) is 14.1. The molecule has 2 atom stereocenters. The lowest BCUT2D eigenvalue weighted by Crippen LogP contribution is -2.36. The summed E-state index contributed by atoms with van der Waals surface area (Å²) >= 11 is 5.80. The van der Waals surface area contributed by atoms with E-state index in [2.05, 4.69) is 5.32 Å². The van der Waals surface area contributed by atoms with Gasteiger partial charge in [0, 0.05) is 10.7 Å². The van der Waals surface area contributed by atoms with E-state index in [1.165, 1.54) is 6.92 Å². The van der Waals surface area contributed by atoms with Gasteiger partial charge in [0.25, 0.3) is 5.91 Å². The second-order valence-corrected chi connectivity index (χ2v) is 5.84. The van der Waals surface area contributed by atoms with Crippen molar-refractivity contribution in [3.63, 3.8) is 0 Å². The first-order valence-corrected chi connectivity index (χ1v) is 8.36. The van der Waals surface area contributed by atoms with Gasteiger partial charge in [-0.15, -0.1) is 0 Å². The van der Waals surface area contributed by atoms with Crippen molar-refractivity contribution in [3.8, 4) is 5.75 Å². The van der Waals surface area contributed by atoms with Crippen LogP contribution in [0.5, 0.6) is 5.75 Å². The zero-order chi connectivity index (χ0) is 18.2. The molecule has 0 spiro atoms. The summed E-state index contributed by atoms with van der Waals surface area (Å²) in [6.45, 7) is 3.33. The molecule has 0 saturated heterocycles. The summed E-state index contributed by atoms with van der Waals surface area (Å²) in [5.74, 6) is -0.431. The molecule has 0 bridgehead atoms.